The summed E-state index contributed by atoms with van der Waals surface area (Å²) in [6, 6.07) is 3.35. The van der Waals surface area contributed by atoms with Gasteiger partial charge in [0.1, 0.15) is 17.9 Å². The molecular formula is C12H14N4O3. The maximum atomic E-state index is 9.91. The molecule has 1 aliphatic rings. The minimum atomic E-state index is 0.00678. The SMILES string of the molecule is CC(NCc1cc2c(cc1O)OCO2)c1ncn[nH]1. The molecule has 0 fully saturated rings. The minimum absolute atomic E-state index is 0.00678. The maximum Gasteiger partial charge on any atom is 0.231 e. The quantitative estimate of drug-likeness (QED) is 0.764. The Hall–Kier alpha value is -2.28. The number of fused-ring (bicyclic) bond motifs is 1. The lowest BCUT2D eigenvalue weighted by molar-refractivity contribution is 0.174. The summed E-state index contributed by atoms with van der Waals surface area (Å²) in [5.41, 5.74) is 0.746. The number of aromatic amines is 1. The van der Waals surface area contributed by atoms with Gasteiger partial charge >= 0.3 is 0 Å². The molecule has 7 nitrogen and oxygen atoms in total. The smallest absolute Gasteiger partial charge is 0.231 e. The third-order valence-corrected chi connectivity index (χ3v) is 3.02. The van der Waals surface area contributed by atoms with Crippen LogP contribution in [0.1, 0.15) is 24.4 Å². The third kappa shape index (κ3) is 2.32. The third-order valence-electron chi connectivity index (χ3n) is 3.02. The van der Waals surface area contributed by atoms with Gasteiger partial charge in [-0.3, -0.25) is 5.10 Å². The van der Waals surface area contributed by atoms with Crippen molar-refractivity contribution >= 4 is 0 Å². The molecule has 0 bridgehead atoms. The van der Waals surface area contributed by atoms with E-state index in [1.165, 1.54) is 6.33 Å². The number of phenols is 1. The zero-order chi connectivity index (χ0) is 13.2. The zero-order valence-corrected chi connectivity index (χ0v) is 10.4. The fourth-order valence-corrected chi connectivity index (χ4v) is 1.90. The van der Waals surface area contributed by atoms with E-state index in [9.17, 15) is 5.11 Å². The largest absolute Gasteiger partial charge is 0.507 e. The van der Waals surface area contributed by atoms with Crippen LogP contribution in [-0.4, -0.2) is 27.1 Å². The van der Waals surface area contributed by atoms with Gasteiger partial charge in [0, 0.05) is 18.2 Å². The van der Waals surface area contributed by atoms with Crippen LogP contribution in [0.2, 0.25) is 0 Å². The number of aromatic hydroxyl groups is 1. The Kier molecular flexibility index (Phi) is 2.96. The molecule has 1 atom stereocenters. The van der Waals surface area contributed by atoms with E-state index in [-0.39, 0.29) is 18.6 Å². The Balaban J connectivity index is 1.70. The zero-order valence-electron chi connectivity index (χ0n) is 10.4. The highest BCUT2D eigenvalue weighted by Crippen LogP contribution is 2.37. The molecule has 0 spiro atoms. The van der Waals surface area contributed by atoms with E-state index in [0.717, 1.165) is 11.4 Å². The molecule has 1 aromatic heterocycles. The lowest BCUT2D eigenvalue weighted by Gasteiger charge is -2.12. The van der Waals surface area contributed by atoms with Crippen LogP contribution in [-0.2, 0) is 6.54 Å². The van der Waals surface area contributed by atoms with Gasteiger partial charge in [0.25, 0.3) is 0 Å². The van der Waals surface area contributed by atoms with E-state index in [1.54, 1.807) is 12.1 Å². The van der Waals surface area contributed by atoms with Crippen molar-refractivity contribution in [3.05, 3.63) is 29.8 Å². The van der Waals surface area contributed by atoms with E-state index < -0.39 is 0 Å². The Morgan fingerprint density at radius 3 is 2.95 bits per heavy atom. The molecule has 1 aromatic carbocycles. The molecule has 0 radical (unpaired) electrons. The van der Waals surface area contributed by atoms with E-state index in [1.807, 2.05) is 6.92 Å². The molecule has 2 heterocycles. The molecular weight excluding hydrogens is 248 g/mol. The number of nitrogens with zero attached hydrogens (tertiary/aromatic N) is 2. The van der Waals surface area contributed by atoms with Crippen molar-refractivity contribution in [2.24, 2.45) is 0 Å². The van der Waals surface area contributed by atoms with Crippen molar-refractivity contribution in [3.63, 3.8) is 0 Å². The standard InChI is InChI=1S/C12H14N4O3/c1-7(12-14-5-15-16-12)13-4-8-2-10-11(3-9(8)17)19-6-18-10/h2-3,5,7,13,17H,4,6H2,1H3,(H,14,15,16). The second-order valence-electron chi connectivity index (χ2n) is 4.31. The molecule has 1 unspecified atom stereocenters. The number of rotatable bonds is 4. The Bertz CT molecular complexity index is 571. The van der Waals surface area contributed by atoms with Crippen LogP contribution in [0.15, 0.2) is 18.5 Å². The van der Waals surface area contributed by atoms with Gasteiger partial charge in [-0.2, -0.15) is 5.10 Å². The average Bonchev–Trinajstić information content (AvgIpc) is 3.06. The van der Waals surface area contributed by atoms with Gasteiger partial charge in [0.2, 0.25) is 6.79 Å². The van der Waals surface area contributed by atoms with Gasteiger partial charge in [-0.15, -0.1) is 0 Å². The summed E-state index contributed by atoms with van der Waals surface area (Å²) in [5, 5.41) is 19.7. The molecule has 7 heteroatoms. The van der Waals surface area contributed by atoms with E-state index in [4.69, 9.17) is 9.47 Å². The van der Waals surface area contributed by atoms with Crippen LogP contribution in [0, 0.1) is 0 Å². The summed E-state index contributed by atoms with van der Waals surface area (Å²) in [6.45, 7) is 2.65. The highest BCUT2D eigenvalue weighted by atomic mass is 16.7. The number of ether oxygens (including phenoxy) is 2. The maximum absolute atomic E-state index is 9.91. The first-order valence-electron chi connectivity index (χ1n) is 5.94. The molecule has 0 aliphatic carbocycles. The molecule has 19 heavy (non-hydrogen) atoms. The summed E-state index contributed by atoms with van der Waals surface area (Å²) in [7, 11) is 0. The monoisotopic (exact) mass is 262 g/mol. The Labute approximate surface area is 109 Å². The topological polar surface area (TPSA) is 92.3 Å². The van der Waals surface area contributed by atoms with Crippen LogP contribution in [0.4, 0.5) is 0 Å². The number of hydrogen-bond acceptors (Lipinski definition) is 6. The summed E-state index contributed by atoms with van der Waals surface area (Å²) in [4.78, 5) is 4.07. The predicted molar refractivity (Wildman–Crippen MR) is 65.9 cm³/mol. The number of H-pyrrole nitrogens is 1. The summed E-state index contributed by atoms with van der Waals surface area (Å²) in [5.74, 6) is 2.16. The van der Waals surface area contributed by atoms with Gasteiger partial charge in [0.15, 0.2) is 11.5 Å². The second-order valence-corrected chi connectivity index (χ2v) is 4.31. The fourth-order valence-electron chi connectivity index (χ4n) is 1.90. The fraction of sp³-hybridized carbons (Fsp3) is 0.333. The van der Waals surface area contributed by atoms with Crippen LogP contribution in [0.25, 0.3) is 0 Å². The number of hydrogen-bond donors (Lipinski definition) is 3. The molecule has 3 rings (SSSR count). The first kappa shape index (κ1) is 11.8. The lowest BCUT2D eigenvalue weighted by Crippen LogP contribution is -2.19. The van der Waals surface area contributed by atoms with Crippen LogP contribution in [0.3, 0.4) is 0 Å². The van der Waals surface area contributed by atoms with Crippen molar-refractivity contribution in [1.29, 1.82) is 0 Å². The molecule has 0 saturated heterocycles. The van der Waals surface area contributed by atoms with Crippen molar-refractivity contribution in [3.8, 4) is 17.2 Å². The van der Waals surface area contributed by atoms with Crippen LogP contribution >= 0.6 is 0 Å². The van der Waals surface area contributed by atoms with Crippen LogP contribution in [0.5, 0.6) is 17.2 Å². The van der Waals surface area contributed by atoms with Gasteiger partial charge in [-0.25, -0.2) is 4.98 Å². The molecule has 2 aromatic rings. The molecule has 0 saturated carbocycles. The minimum Gasteiger partial charge on any atom is -0.507 e. The van der Waals surface area contributed by atoms with Crippen molar-refractivity contribution in [2.75, 3.05) is 6.79 Å². The highest BCUT2D eigenvalue weighted by molar-refractivity contribution is 5.51. The van der Waals surface area contributed by atoms with Crippen LogP contribution < -0.4 is 14.8 Å². The normalized spacial score (nSPS) is 14.6. The molecule has 3 N–H and O–H groups in total. The van der Waals surface area contributed by atoms with E-state index in [0.29, 0.717) is 18.0 Å². The lowest BCUT2D eigenvalue weighted by atomic mass is 10.1. The van der Waals surface area contributed by atoms with Gasteiger partial charge < -0.3 is 19.9 Å². The first-order chi connectivity index (χ1) is 9.24. The summed E-state index contributed by atoms with van der Waals surface area (Å²) < 4.78 is 10.5. The van der Waals surface area contributed by atoms with E-state index in [2.05, 4.69) is 20.5 Å². The molecule has 1 aliphatic heterocycles. The summed E-state index contributed by atoms with van der Waals surface area (Å²) in [6.07, 6.45) is 1.46. The second kappa shape index (κ2) is 4.77. The van der Waals surface area contributed by atoms with E-state index >= 15 is 0 Å². The first-order valence-corrected chi connectivity index (χ1v) is 5.94. The number of benzene rings is 1. The molecule has 100 valence electrons. The summed E-state index contributed by atoms with van der Waals surface area (Å²) >= 11 is 0. The van der Waals surface area contributed by atoms with Crippen molar-refractivity contribution < 1.29 is 14.6 Å². The number of phenolic OH excluding ortho intramolecular Hbond substituents is 1. The van der Waals surface area contributed by atoms with Gasteiger partial charge in [0.05, 0.1) is 6.04 Å². The number of nitrogens with one attached hydrogen (secondary N) is 2. The highest BCUT2D eigenvalue weighted by Gasteiger charge is 2.17. The Morgan fingerprint density at radius 2 is 2.21 bits per heavy atom. The van der Waals surface area contributed by atoms with Crippen molar-refractivity contribution in [2.45, 2.75) is 19.5 Å². The predicted octanol–water partition coefficient (Wildman–Crippen LogP) is 1.09. The Morgan fingerprint density at radius 1 is 1.42 bits per heavy atom. The number of aromatic nitrogens is 3. The molecule has 0 amide bonds. The van der Waals surface area contributed by atoms with Gasteiger partial charge in [-0.05, 0) is 13.0 Å². The average molecular weight is 262 g/mol. The van der Waals surface area contributed by atoms with Gasteiger partial charge in [-0.1, -0.05) is 0 Å². The van der Waals surface area contributed by atoms with Crippen molar-refractivity contribution in [1.82, 2.24) is 20.5 Å².